The van der Waals surface area contributed by atoms with Gasteiger partial charge >= 0.3 is 0 Å². The van der Waals surface area contributed by atoms with Crippen molar-refractivity contribution >= 4 is 75.4 Å². The monoisotopic (exact) mass is 861 g/mol. The first-order valence-corrected chi connectivity index (χ1v) is 21.3. The molecule has 0 bridgehead atoms. The highest BCUT2D eigenvalue weighted by Gasteiger charge is 2.31. The van der Waals surface area contributed by atoms with Crippen LogP contribution in [-0.2, 0) is 36.6 Å². The van der Waals surface area contributed by atoms with Gasteiger partial charge in [0.15, 0.2) is 19.9 Å². The number of aromatic hydroxyl groups is 1. The van der Waals surface area contributed by atoms with Crippen LogP contribution in [0.4, 0.5) is 5.69 Å². The fraction of sp³-hybridized carbons (Fsp3) is 0.205. The van der Waals surface area contributed by atoms with Crippen molar-refractivity contribution in [1.29, 1.82) is 0 Å². The zero-order valence-corrected chi connectivity index (χ0v) is 32.3. The Hall–Kier alpha value is -4.64. The quantitative estimate of drug-likeness (QED) is 0.164. The molecule has 1 aliphatic rings. The largest absolute Gasteiger partial charge is 0.508 e. The van der Waals surface area contributed by atoms with Gasteiger partial charge < -0.3 is 14.9 Å². The molecule has 1 amide bonds. The molecule has 7 rings (SSSR count). The molecule has 1 unspecified atom stereocenters. The number of halogens is 1. The molecule has 0 spiro atoms. The van der Waals surface area contributed by atoms with Crippen LogP contribution in [0.15, 0.2) is 126 Å². The number of carbonyl (C=O) groups is 1. The van der Waals surface area contributed by atoms with E-state index in [9.17, 15) is 26.7 Å². The van der Waals surface area contributed by atoms with Crippen LogP contribution in [0, 0.1) is 3.57 Å². The number of nitrogens with zero attached hydrogens (tertiary/aromatic N) is 4. The van der Waals surface area contributed by atoms with E-state index in [4.69, 9.17) is 0 Å². The van der Waals surface area contributed by atoms with E-state index >= 15 is 0 Å². The summed E-state index contributed by atoms with van der Waals surface area (Å²) in [7, 11) is -8.07. The Kier molecular flexibility index (Phi) is 10.7. The predicted molar refractivity (Wildman–Crippen MR) is 213 cm³/mol. The molecule has 272 valence electrons. The molecular weight excluding hydrogens is 825 g/mol. The van der Waals surface area contributed by atoms with Gasteiger partial charge in [-0.05, 0) is 99.4 Å². The zero-order chi connectivity index (χ0) is 37.2. The molecule has 0 aliphatic carbocycles. The van der Waals surface area contributed by atoms with Gasteiger partial charge in [0.25, 0.3) is 0 Å². The first-order valence-electron chi connectivity index (χ1n) is 16.9. The van der Waals surface area contributed by atoms with Crippen LogP contribution >= 0.6 is 22.6 Å². The Bertz CT molecular complexity index is 2520. The van der Waals surface area contributed by atoms with Gasteiger partial charge in [0.1, 0.15) is 11.6 Å². The van der Waals surface area contributed by atoms with Gasteiger partial charge in [0, 0.05) is 58.6 Å². The molecule has 53 heavy (non-hydrogen) atoms. The van der Waals surface area contributed by atoms with E-state index < -0.39 is 37.3 Å². The Morgan fingerprint density at radius 3 is 1.94 bits per heavy atom. The van der Waals surface area contributed by atoms with Gasteiger partial charge in [0.2, 0.25) is 15.7 Å². The maximum Gasteiger partial charge on any atom is 0.240 e. The van der Waals surface area contributed by atoms with E-state index in [1.54, 1.807) is 59.5 Å². The number of piperazine rings is 1. The second-order valence-corrected chi connectivity index (χ2v) is 18.0. The number of anilines is 1. The van der Waals surface area contributed by atoms with Crippen LogP contribution in [0.2, 0.25) is 0 Å². The maximum absolute atomic E-state index is 14.3. The summed E-state index contributed by atoms with van der Waals surface area (Å²) in [6.45, 7) is 1.98. The number of phenols is 1. The van der Waals surface area contributed by atoms with Crippen molar-refractivity contribution in [2.24, 2.45) is 0 Å². The summed E-state index contributed by atoms with van der Waals surface area (Å²) in [4.78, 5) is 26.7. The second kappa shape index (κ2) is 15.4. The summed E-state index contributed by atoms with van der Waals surface area (Å²) >= 11 is 2.26. The number of aromatic nitrogens is 2. The summed E-state index contributed by atoms with van der Waals surface area (Å²) in [6.07, 6.45) is 2.85. The number of rotatable bonds is 11. The van der Waals surface area contributed by atoms with E-state index in [0.29, 0.717) is 42.5 Å². The molecule has 14 heteroatoms. The molecule has 2 aromatic heterocycles. The van der Waals surface area contributed by atoms with Crippen molar-refractivity contribution in [1.82, 2.24) is 20.2 Å². The minimum Gasteiger partial charge on any atom is -0.508 e. The minimum absolute atomic E-state index is 0.0389. The molecule has 6 aromatic rings. The minimum atomic E-state index is -4.04. The molecule has 1 fully saturated rings. The van der Waals surface area contributed by atoms with Crippen LogP contribution in [0.5, 0.6) is 5.75 Å². The Labute approximate surface area is 321 Å². The first-order chi connectivity index (χ1) is 25.5. The number of phenolic OH excluding ortho intramolecular Hbond substituents is 1. The number of carbonyl (C=O) groups excluding carboxylic acids is 1. The fourth-order valence-corrected chi connectivity index (χ4v) is 9.92. The first kappa shape index (κ1) is 36.7. The van der Waals surface area contributed by atoms with Crippen molar-refractivity contribution in [3.05, 3.63) is 130 Å². The van der Waals surface area contributed by atoms with Crippen molar-refractivity contribution in [2.45, 2.75) is 28.3 Å². The van der Waals surface area contributed by atoms with Crippen molar-refractivity contribution in [3.63, 3.8) is 0 Å². The van der Waals surface area contributed by atoms with Crippen LogP contribution in [-0.4, -0.2) is 80.8 Å². The highest BCUT2D eigenvalue weighted by Crippen LogP contribution is 2.28. The Morgan fingerprint density at radius 2 is 1.32 bits per heavy atom. The van der Waals surface area contributed by atoms with Crippen LogP contribution in [0.1, 0.15) is 11.1 Å². The average molecular weight is 862 g/mol. The Morgan fingerprint density at radius 1 is 0.736 bits per heavy atom. The number of benzene rings is 4. The Balaban J connectivity index is 1.18. The van der Waals surface area contributed by atoms with Gasteiger partial charge in [-0.3, -0.25) is 10.1 Å². The summed E-state index contributed by atoms with van der Waals surface area (Å²) in [5, 5.41) is 15.7. The third-order valence-corrected chi connectivity index (χ3v) is 13.2. The van der Waals surface area contributed by atoms with Crippen molar-refractivity contribution in [2.75, 3.05) is 37.0 Å². The molecule has 4 aromatic carbocycles. The molecular formula is C39H36IN5O6S2. The topological polar surface area (TPSA) is 150 Å². The molecule has 0 radical (unpaired) electrons. The lowest BCUT2D eigenvalue weighted by molar-refractivity contribution is -0.133. The molecule has 0 saturated carbocycles. The molecule has 3 heterocycles. The van der Waals surface area contributed by atoms with E-state index in [1.165, 1.54) is 24.5 Å². The average Bonchev–Trinajstić information content (AvgIpc) is 3.16. The third kappa shape index (κ3) is 8.15. The number of pyridine rings is 2. The van der Waals surface area contributed by atoms with Crippen molar-refractivity contribution < 1.29 is 26.7 Å². The highest BCUT2D eigenvalue weighted by atomic mass is 127. The lowest BCUT2D eigenvalue weighted by atomic mass is 9.99. The lowest BCUT2D eigenvalue weighted by Crippen LogP contribution is -2.55. The van der Waals surface area contributed by atoms with E-state index in [-0.39, 0.29) is 33.7 Å². The number of nitrogens with one attached hydrogen (secondary N) is 1. The number of hydrogen-bond acceptors (Lipinski definition) is 10. The molecule has 1 aliphatic heterocycles. The number of hydrogen-bond donors (Lipinski definition) is 2. The highest BCUT2D eigenvalue weighted by molar-refractivity contribution is 14.1. The summed E-state index contributed by atoms with van der Waals surface area (Å²) in [5.41, 5.74) is 1.80. The second-order valence-electron chi connectivity index (χ2n) is 12.9. The maximum atomic E-state index is 14.3. The molecule has 1 saturated heterocycles. The molecule has 2 N–H and O–H groups in total. The normalized spacial score (nSPS) is 14.4. The lowest BCUT2D eigenvalue weighted by Gasteiger charge is -2.38. The van der Waals surface area contributed by atoms with Gasteiger partial charge in [0.05, 0.1) is 11.8 Å². The molecule has 11 nitrogen and oxygen atoms in total. The molecule has 1 atom stereocenters. The van der Waals surface area contributed by atoms with E-state index in [2.05, 4.69) is 42.8 Å². The number of sulfone groups is 2. The van der Waals surface area contributed by atoms with Crippen LogP contribution in [0.25, 0.3) is 21.5 Å². The number of amides is 1. The van der Waals surface area contributed by atoms with Crippen LogP contribution < -0.4 is 10.2 Å². The van der Waals surface area contributed by atoms with Gasteiger partial charge in [-0.1, -0.05) is 54.6 Å². The summed E-state index contributed by atoms with van der Waals surface area (Å²) in [5.74, 6) is -1.53. The van der Waals surface area contributed by atoms with E-state index in [1.807, 2.05) is 36.4 Å². The standard InChI is InChI=1S/C39H36IN5O6S2/c40-31-10-12-32(13-11-31)44-19-21-45(22-20-44)39(47)36(43-26-53(50,51)38-35-8-4-2-6-28(35)16-18-42-38)24-29-9-14-33(46)23-30(29)25-52(48,49)37-34-7-3-1-5-27(34)15-17-41-37/h1-18,23,36,43,46H,19-22,24-26H2. The SMILES string of the molecule is O=C(C(Cc1ccc(O)cc1CS(=O)(=O)c1nccc2ccccc12)NCS(=O)(=O)c1nccc2ccccc12)N1CCN(c2ccc(I)cc2)CC1. The fourth-order valence-electron chi connectivity index (χ4n) is 6.70. The van der Waals surface area contributed by atoms with Crippen molar-refractivity contribution in [3.8, 4) is 5.75 Å². The van der Waals surface area contributed by atoms with Crippen LogP contribution in [0.3, 0.4) is 0 Å². The van der Waals surface area contributed by atoms with Gasteiger partial charge in [-0.25, -0.2) is 26.8 Å². The van der Waals surface area contributed by atoms with Gasteiger partial charge in [-0.2, -0.15) is 0 Å². The number of fused-ring (bicyclic) bond motifs is 2. The summed E-state index contributed by atoms with van der Waals surface area (Å²) in [6, 6.07) is 29.1. The summed E-state index contributed by atoms with van der Waals surface area (Å²) < 4.78 is 56.6. The van der Waals surface area contributed by atoms with E-state index in [0.717, 1.165) is 20.0 Å². The third-order valence-electron chi connectivity index (χ3n) is 9.42. The predicted octanol–water partition coefficient (Wildman–Crippen LogP) is 5.35. The van der Waals surface area contributed by atoms with Gasteiger partial charge in [-0.15, -0.1) is 0 Å². The zero-order valence-electron chi connectivity index (χ0n) is 28.5. The smallest absolute Gasteiger partial charge is 0.240 e.